The lowest BCUT2D eigenvalue weighted by Crippen LogP contribution is -2.29. The predicted molar refractivity (Wildman–Crippen MR) is 75.7 cm³/mol. The van der Waals surface area contributed by atoms with Crippen LogP contribution < -0.4 is 5.32 Å². The maximum absolute atomic E-state index is 13.6. The van der Waals surface area contributed by atoms with Gasteiger partial charge in [0.25, 0.3) is 0 Å². The molecule has 1 heterocycles. The fraction of sp³-hybridized carbons (Fsp3) is 0.294. The van der Waals surface area contributed by atoms with Gasteiger partial charge in [-0.1, -0.05) is 36.4 Å². The molecule has 0 spiro atoms. The first-order valence-corrected chi connectivity index (χ1v) is 6.77. The standard InChI is InChI=1S/C17H18FN/c1-12-6-7-13(9-17(12)18)8-15-11-19-10-14-4-2-3-5-16(14)15/h2-7,9,15,19H,8,10-11H2,1H3. The molecule has 1 aliphatic rings. The van der Waals surface area contributed by atoms with E-state index in [4.69, 9.17) is 0 Å². The Kier molecular flexibility index (Phi) is 3.34. The van der Waals surface area contributed by atoms with Gasteiger partial charge in [0, 0.05) is 19.0 Å². The third kappa shape index (κ3) is 2.54. The number of benzene rings is 2. The van der Waals surface area contributed by atoms with Gasteiger partial charge < -0.3 is 5.32 Å². The molecule has 0 radical (unpaired) electrons. The van der Waals surface area contributed by atoms with E-state index in [0.29, 0.717) is 11.5 Å². The SMILES string of the molecule is Cc1ccc(CC2CNCc3ccccc32)cc1F. The maximum Gasteiger partial charge on any atom is 0.126 e. The molecule has 0 fully saturated rings. The molecule has 1 N–H and O–H groups in total. The Morgan fingerprint density at radius 3 is 2.89 bits per heavy atom. The van der Waals surface area contributed by atoms with E-state index in [2.05, 4.69) is 29.6 Å². The third-order valence-corrected chi connectivity index (χ3v) is 3.92. The van der Waals surface area contributed by atoms with Gasteiger partial charge in [-0.3, -0.25) is 0 Å². The van der Waals surface area contributed by atoms with Gasteiger partial charge in [0.05, 0.1) is 0 Å². The Labute approximate surface area is 113 Å². The lowest BCUT2D eigenvalue weighted by Gasteiger charge is -2.26. The van der Waals surface area contributed by atoms with Gasteiger partial charge in [0.15, 0.2) is 0 Å². The van der Waals surface area contributed by atoms with Gasteiger partial charge in [-0.2, -0.15) is 0 Å². The second-order valence-corrected chi connectivity index (χ2v) is 5.31. The highest BCUT2D eigenvalue weighted by Gasteiger charge is 2.19. The van der Waals surface area contributed by atoms with Crippen LogP contribution in [0.2, 0.25) is 0 Å². The minimum atomic E-state index is -0.102. The molecule has 2 aromatic carbocycles. The molecule has 19 heavy (non-hydrogen) atoms. The van der Waals surface area contributed by atoms with Crippen LogP contribution in [0.25, 0.3) is 0 Å². The van der Waals surface area contributed by atoms with Crippen molar-refractivity contribution in [3.8, 4) is 0 Å². The molecule has 1 nitrogen and oxygen atoms in total. The first-order valence-electron chi connectivity index (χ1n) is 6.77. The van der Waals surface area contributed by atoms with E-state index in [0.717, 1.165) is 25.1 Å². The summed E-state index contributed by atoms with van der Waals surface area (Å²) in [5, 5.41) is 3.44. The minimum Gasteiger partial charge on any atom is -0.312 e. The molecule has 0 amide bonds. The topological polar surface area (TPSA) is 12.0 Å². The zero-order valence-corrected chi connectivity index (χ0v) is 11.1. The van der Waals surface area contributed by atoms with Crippen molar-refractivity contribution in [2.45, 2.75) is 25.8 Å². The molecule has 0 aromatic heterocycles. The van der Waals surface area contributed by atoms with Crippen molar-refractivity contribution in [3.63, 3.8) is 0 Å². The Hall–Kier alpha value is -1.67. The Morgan fingerprint density at radius 2 is 2.05 bits per heavy atom. The van der Waals surface area contributed by atoms with Crippen LogP contribution in [0.3, 0.4) is 0 Å². The summed E-state index contributed by atoms with van der Waals surface area (Å²) < 4.78 is 13.6. The van der Waals surface area contributed by atoms with Crippen molar-refractivity contribution in [2.75, 3.05) is 6.54 Å². The Morgan fingerprint density at radius 1 is 1.21 bits per heavy atom. The molecule has 1 aliphatic heterocycles. The van der Waals surface area contributed by atoms with Crippen LogP contribution in [0.4, 0.5) is 4.39 Å². The Bertz CT molecular complexity index is 592. The highest BCUT2D eigenvalue weighted by molar-refractivity contribution is 5.35. The van der Waals surface area contributed by atoms with Gasteiger partial charge in [-0.15, -0.1) is 0 Å². The average molecular weight is 255 g/mol. The van der Waals surface area contributed by atoms with Crippen LogP contribution in [-0.2, 0) is 13.0 Å². The number of rotatable bonds is 2. The molecule has 1 atom stereocenters. The van der Waals surface area contributed by atoms with Crippen molar-refractivity contribution in [3.05, 3.63) is 70.5 Å². The number of fused-ring (bicyclic) bond motifs is 1. The van der Waals surface area contributed by atoms with E-state index in [1.807, 2.05) is 12.1 Å². The minimum absolute atomic E-state index is 0.102. The van der Waals surface area contributed by atoms with Gasteiger partial charge in [-0.05, 0) is 41.7 Å². The van der Waals surface area contributed by atoms with Crippen LogP contribution in [0, 0.1) is 12.7 Å². The molecule has 1 unspecified atom stereocenters. The molecule has 0 bridgehead atoms. The van der Waals surface area contributed by atoms with E-state index in [1.54, 1.807) is 13.0 Å². The van der Waals surface area contributed by atoms with Crippen LogP contribution in [0.1, 0.15) is 28.2 Å². The van der Waals surface area contributed by atoms with Crippen LogP contribution >= 0.6 is 0 Å². The van der Waals surface area contributed by atoms with E-state index >= 15 is 0 Å². The first-order chi connectivity index (χ1) is 9.24. The summed E-state index contributed by atoms with van der Waals surface area (Å²) in [7, 11) is 0. The van der Waals surface area contributed by atoms with Crippen molar-refractivity contribution in [1.29, 1.82) is 0 Å². The summed E-state index contributed by atoms with van der Waals surface area (Å²) in [6.45, 7) is 3.71. The Balaban J connectivity index is 1.86. The lowest BCUT2D eigenvalue weighted by molar-refractivity contribution is 0.537. The fourth-order valence-corrected chi connectivity index (χ4v) is 2.81. The van der Waals surface area contributed by atoms with E-state index in [9.17, 15) is 4.39 Å². The summed E-state index contributed by atoms with van der Waals surface area (Å²) in [4.78, 5) is 0. The highest BCUT2D eigenvalue weighted by Crippen LogP contribution is 2.27. The maximum atomic E-state index is 13.6. The largest absolute Gasteiger partial charge is 0.312 e. The predicted octanol–water partition coefficient (Wildman–Crippen LogP) is 3.56. The molecule has 98 valence electrons. The van der Waals surface area contributed by atoms with Gasteiger partial charge in [0.1, 0.15) is 5.82 Å². The molecule has 0 saturated carbocycles. The van der Waals surface area contributed by atoms with E-state index in [1.165, 1.54) is 11.1 Å². The molecule has 2 aromatic rings. The molecule has 0 aliphatic carbocycles. The monoisotopic (exact) mass is 255 g/mol. The van der Waals surface area contributed by atoms with Crippen LogP contribution in [-0.4, -0.2) is 6.54 Å². The van der Waals surface area contributed by atoms with Crippen molar-refractivity contribution in [2.24, 2.45) is 0 Å². The number of hydrogen-bond acceptors (Lipinski definition) is 1. The third-order valence-electron chi connectivity index (χ3n) is 3.92. The van der Waals surface area contributed by atoms with Crippen LogP contribution in [0.5, 0.6) is 0 Å². The summed E-state index contributed by atoms with van der Waals surface area (Å²) >= 11 is 0. The number of hydrogen-bond donors (Lipinski definition) is 1. The summed E-state index contributed by atoms with van der Waals surface area (Å²) in [5.74, 6) is 0.335. The summed E-state index contributed by atoms with van der Waals surface area (Å²) in [6, 6.07) is 14.1. The fourth-order valence-electron chi connectivity index (χ4n) is 2.81. The molecule has 3 rings (SSSR count). The van der Waals surface area contributed by atoms with E-state index < -0.39 is 0 Å². The lowest BCUT2D eigenvalue weighted by atomic mass is 9.86. The van der Waals surface area contributed by atoms with Crippen molar-refractivity contribution >= 4 is 0 Å². The van der Waals surface area contributed by atoms with Gasteiger partial charge >= 0.3 is 0 Å². The van der Waals surface area contributed by atoms with Crippen molar-refractivity contribution < 1.29 is 4.39 Å². The summed E-state index contributed by atoms with van der Waals surface area (Å²) in [5.41, 5.74) is 4.56. The highest BCUT2D eigenvalue weighted by atomic mass is 19.1. The summed E-state index contributed by atoms with van der Waals surface area (Å²) in [6.07, 6.45) is 0.890. The van der Waals surface area contributed by atoms with Crippen LogP contribution in [0.15, 0.2) is 42.5 Å². The molecule has 2 heteroatoms. The molecular weight excluding hydrogens is 237 g/mol. The number of halogens is 1. The first kappa shape index (κ1) is 12.4. The van der Waals surface area contributed by atoms with Crippen molar-refractivity contribution in [1.82, 2.24) is 5.32 Å². The number of aryl methyl sites for hydroxylation is 1. The normalized spacial score (nSPS) is 18.1. The van der Waals surface area contributed by atoms with Gasteiger partial charge in [-0.25, -0.2) is 4.39 Å². The number of nitrogens with one attached hydrogen (secondary N) is 1. The zero-order valence-electron chi connectivity index (χ0n) is 11.1. The second kappa shape index (κ2) is 5.14. The second-order valence-electron chi connectivity index (χ2n) is 5.31. The zero-order chi connectivity index (χ0) is 13.2. The van der Waals surface area contributed by atoms with E-state index in [-0.39, 0.29) is 5.82 Å². The average Bonchev–Trinajstić information content (AvgIpc) is 2.43. The quantitative estimate of drug-likeness (QED) is 0.865. The molecular formula is C17H18FN. The molecule has 0 saturated heterocycles. The smallest absolute Gasteiger partial charge is 0.126 e. The van der Waals surface area contributed by atoms with Gasteiger partial charge in [0.2, 0.25) is 0 Å².